The molecule has 3 rings (SSSR count). The standard InChI is InChI=1S/C17H17N3O2Se/c1-11(12-6-8-13(22-2)9-7-12)10-16(21)18-14-4-3-5-15-17(14)20-23-19-15/h3-9,11H,10H2,1-2H3,(H,18,21). The van der Waals surface area contributed by atoms with Crippen molar-refractivity contribution in [1.82, 2.24) is 7.96 Å². The average molecular weight is 374 g/mol. The van der Waals surface area contributed by atoms with E-state index < -0.39 is 0 Å². The number of fused-ring (bicyclic) bond motifs is 1. The van der Waals surface area contributed by atoms with Crippen LogP contribution in [0.15, 0.2) is 42.5 Å². The quantitative estimate of drug-likeness (QED) is 0.698. The Morgan fingerprint density at radius 3 is 2.74 bits per heavy atom. The number of carbonyl (C=O) groups is 1. The van der Waals surface area contributed by atoms with E-state index in [1.54, 1.807) is 7.11 Å². The molecule has 1 N–H and O–H groups in total. The molecule has 3 aromatic rings. The number of nitrogens with zero attached hydrogens (tertiary/aromatic N) is 2. The van der Waals surface area contributed by atoms with Crippen molar-refractivity contribution in [3.8, 4) is 5.75 Å². The van der Waals surface area contributed by atoms with Gasteiger partial charge in [0.25, 0.3) is 0 Å². The summed E-state index contributed by atoms with van der Waals surface area (Å²) in [6, 6.07) is 13.5. The molecule has 0 aliphatic carbocycles. The summed E-state index contributed by atoms with van der Waals surface area (Å²) in [6.07, 6.45) is 0.415. The van der Waals surface area contributed by atoms with E-state index >= 15 is 0 Å². The number of amides is 1. The molecule has 1 atom stereocenters. The average Bonchev–Trinajstić information content (AvgIpc) is 3.04. The summed E-state index contributed by atoms with van der Waals surface area (Å²) in [5.41, 5.74) is 3.53. The van der Waals surface area contributed by atoms with E-state index in [1.807, 2.05) is 49.4 Å². The predicted molar refractivity (Wildman–Crippen MR) is 91.1 cm³/mol. The van der Waals surface area contributed by atoms with Crippen molar-refractivity contribution >= 4 is 37.6 Å². The third-order valence-electron chi connectivity index (χ3n) is 3.74. The van der Waals surface area contributed by atoms with Gasteiger partial charge in [-0.15, -0.1) is 0 Å². The fourth-order valence-electron chi connectivity index (χ4n) is 2.44. The number of aromatic nitrogens is 2. The molecule has 0 aliphatic heterocycles. The fourth-order valence-corrected chi connectivity index (χ4v) is 3.59. The number of hydrogen-bond donors (Lipinski definition) is 1. The second-order valence-electron chi connectivity index (χ2n) is 5.36. The molecule has 1 aromatic heterocycles. The number of carbonyl (C=O) groups excluding carboxylic acids is 1. The topological polar surface area (TPSA) is 64.1 Å². The molecular weight excluding hydrogens is 357 g/mol. The molecular formula is C17H17N3O2Se. The maximum absolute atomic E-state index is 12.3. The number of nitrogens with one attached hydrogen (secondary N) is 1. The van der Waals surface area contributed by atoms with E-state index in [2.05, 4.69) is 13.3 Å². The third-order valence-corrected chi connectivity index (χ3v) is 4.87. The van der Waals surface area contributed by atoms with Crippen LogP contribution in [0.3, 0.4) is 0 Å². The van der Waals surface area contributed by atoms with Crippen LogP contribution in [0.2, 0.25) is 0 Å². The third kappa shape index (κ3) is 3.60. The Labute approximate surface area is 140 Å². The summed E-state index contributed by atoms with van der Waals surface area (Å²) in [5.74, 6) is 0.928. The Hall–Kier alpha value is -2.17. The van der Waals surface area contributed by atoms with E-state index in [9.17, 15) is 4.79 Å². The van der Waals surface area contributed by atoms with Crippen molar-refractivity contribution in [1.29, 1.82) is 0 Å². The SMILES string of the molecule is COc1ccc(C(C)CC(=O)Nc2cccc3n[se]nc23)cc1. The summed E-state index contributed by atoms with van der Waals surface area (Å²) in [5, 5.41) is 2.96. The summed E-state index contributed by atoms with van der Waals surface area (Å²) >= 11 is -0.0977. The first-order valence-electron chi connectivity index (χ1n) is 7.32. The Morgan fingerprint density at radius 2 is 2.00 bits per heavy atom. The molecule has 0 fully saturated rings. The Morgan fingerprint density at radius 1 is 1.22 bits per heavy atom. The van der Waals surface area contributed by atoms with Gasteiger partial charge in [-0.1, -0.05) is 0 Å². The summed E-state index contributed by atoms with van der Waals surface area (Å²) in [7, 11) is 1.64. The van der Waals surface area contributed by atoms with Crippen molar-refractivity contribution in [3.05, 3.63) is 48.0 Å². The van der Waals surface area contributed by atoms with Gasteiger partial charge in [0.05, 0.1) is 7.11 Å². The molecule has 0 spiro atoms. The van der Waals surface area contributed by atoms with E-state index in [-0.39, 0.29) is 26.8 Å². The monoisotopic (exact) mass is 375 g/mol. The molecule has 0 saturated heterocycles. The molecule has 1 amide bonds. The van der Waals surface area contributed by atoms with Crippen molar-refractivity contribution in [2.24, 2.45) is 0 Å². The summed E-state index contributed by atoms with van der Waals surface area (Å²) in [6.45, 7) is 2.04. The Balaban J connectivity index is 1.67. The van der Waals surface area contributed by atoms with Crippen LogP contribution in [0.5, 0.6) is 5.75 Å². The fraction of sp³-hybridized carbons (Fsp3) is 0.235. The van der Waals surface area contributed by atoms with Gasteiger partial charge in [0.15, 0.2) is 0 Å². The Kier molecular flexibility index (Phi) is 4.74. The zero-order valence-electron chi connectivity index (χ0n) is 12.9. The molecule has 0 radical (unpaired) electrons. The van der Waals surface area contributed by atoms with E-state index in [1.165, 1.54) is 0 Å². The molecule has 118 valence electrons. The van der Waals surface area contributed by atoms with Crippen LogP contribution in [0.25, 0.3) is 11.0 Å². The van der Waals surface area contributed by atoms with Gasteiger partial charge in [-0.3, -0.25) is 0 Å². The van der Waals surface area contributed by atoms with Gasteiger partial charge in [-0.2, -0.15) is 0 Å². The van der Waals surface area contributed by atoms with Gasteiger partial charge in [0.1, 0.15) is 0 Å². The van der Waals surface area contributed by atoms with Crippen molar-refractivity contribution in [2.75, 3.05) is 12.4 Å². The molecule has 1 heterocycles. The first-order chi connectivity index (χ1) is 11.2. The molecule has 23 heavy (non-hydrogen) atoms. The van der Waals surface area contributed by atoms with Gasteiger partial charge in [-0.05, 0) is 0 Å². The number of anilines is 1. The van der Waals surface area contributed by atoms with Gasteiger partial charge in [-0.25, -0.2) is 0 Å². The Bertz CT molecular complexity index is 814. The zero-order valence-corrected chi connectivity index (χ0v) is 14.7. The normalized spacial score (nSPS) is 12.1. The van der Waals surface area contributed by atoms with Gasteiger partial charge < -0.3 is 0 Å². The second-order valence-corrected chi connectivity index (χ2v) is 6.47. The number of rotatable bonds is 5. The summed E-state index contributed by atoms with van der Waals surface area (Å²) in [4.78, 5) is 12.3. The van der Waals surface area contributed by atoms with Crippen molar-refractivity contribution < 1.29 is 9.53 Å². The van der Waals surface area contributed by atoms with Gasteiger partial charge >= 0.3 is 133 Å². The second kappa shape index (κ2) is 6.94. The molecule has 0 saturated carbocycles. The van der Waals surface area contributed by atoms with E-state index in [0.717, 1.165) is 28.0 Å². The van der Waals surface area contributed by atoms with Crippen molar-refractivity contribution in [3.63, 3.8) is 0 Å². The number of ether oxygens (including phenoxy) is 1. The minimum atomic E-state index is -0.0977. The number of benzene rings is 2. The van der Waals surface area contributed by atoms with E-state index in [4.69, 9.17) is 4.74 Å². The van der Waals surface area contributed by atoms with Crippen LogP contribution >= 0.6 is 0 Å². The molecule has 1 unspecified atom stereocenters. The van der Waals surface area contributed by atoms with Gasteiger partial charge in [0.2, 0.25) is 0 Å². The van der Waals surface area contributed by atoms with Crippen LogP contribution in [0.1, 0.15) is 24.8 Å². The molecule has 6 heteroatoms. The summed E-state index contributed by atoms with van der Waals surface area (Å²) < 4.78 is 13.9. The van der Waals surface area contributed by atoms with Gasteiger partial charge in [0, 0.05) is 0 Å². The maximum atomic E-state index is 12.3. The number of hydrogen-bond acceptors (Lipinski definition) is 4. The van der Waals surface area contributed by atoms with Crippen LogP contribution < -0.4 is 10.1 Å². The molecule has 0 aliphatic rings. The van der Waals surface area contributed by atoms with Crippen LogP contribution in [-0.2, 0) is 4.79 Å². The van der Waals surface area contributed by atoms with Crippen LogP contribution in [-0.4, -0.2) is 35.9 Å². The minimum absolute atomic E-state index is 0.0173. The zero-order chi connectivity index (χ0) is 16.2. The predicted octanol–water partition coefficient (Wildman–Crippen LogP) is 2.83. The van der Waals surface area contributed by atoms with Crippen LogP contribution in [0, 0.1) is 0 Å². The van der Waals surface area contributed by atoms with E-state index in [0.29, 0.717) is 6.42 Å². The first-order valence-corrected chi connectivity index (χ1v) is 8.85. The van der Waals surface area contributed by atoms with Crippen molar-refractivity contribution in [2.45, 2.75) is 19.3 Å². The molecule has 5 nitrogen and oxygen atoms in total. The molecule has 0 bridgehead atoms. The first kappa shape index (κ1) is 15.7. The molecule has 2 aromatic carbocycles. The van der Waals surface area contributed by atoms with Crippen LogP contribution in [0.4, 0.5) is 5.69 Å². The number of methoxy groups -OCH3 is 1.